The van der Waals surface area contributed by atoms with Crippen LogP contribution in [0.3, 0.4) is 0 Å². The molecule has 2 unspecified atom stereocenters. The Kier molecular flexibility index (Phi) is 13.0. The van der Waals surface area contributed by atoms with Crippen LogP contribution in [0.25, 0.3) is 0 Å². The number of nitrogens with one attached hydrogen (secondary N) is 4. The van der Waals surface area contributed by atoms with Gasteiger partial charge in [-0.25, -0.2) is 0 Å². The van der Waals surface area contributed by atoms with Crippen LogP contribution in [0.4, 0.5) is 0 Å². The molecule has 0 amide bonds. The second kappa shape index (κ2) is 13.2. The minimum atomic E-state index is -0.277. The smallest absolute Gasteiger partial charge is 0.0636 e. The summed E-state index contributed by atoms with van der Waals surface area (Å²) in [6, 6.07) is 0. The molecular weight excluding hydrogens is 232 g/mol. The van der Waals surface area contributed by atoms with E-state index in [9.17, 15) is 0 Å². The molecule has 0 bridgehead atoms. The van der Waals surface area contributed by atoms with Crippen molar-refractivity contribution >= 4 is 0 Å². The summed E-state index contributed by atoms with van der Waals surface area (Å²) in [5, 5.41) is 30.9. The lowest BCUT2D eigenvalue weighted by Crippen LogP contribution is -2.37. The van der Waals surface area contributed by atoms with Gasteiger partial charge in [-0.3, -0.25) is 0 Å². The van der Waals surface area contributed by atoms with E-state index in [1.165, 1.54) is 0 Å². The first kappa shape index (κ1) is 17.8. The van der Waals surface area contributed by atoms with Crippen molar-refractivity contribution in [1.82, 2.24) is 21.3 Å². The quantitative estimate of drug-likeness (QED) is 0.218. The van der Waals surface area contributed by atoms with Gasteiger partial charge in [0.15, 0.2) is 0 Å². The Labute approximate surface area is 111 Å². The molecule has 0 aliphatic rings. The maximum atomic E-state index is 9.02. The van der Waals surface area contributed by atoms with Crippen LogP contribution < -0.4 is 21.3 Å². The molecule has 0 radical (unpaired) electrons. The molecule has 0 aliphatic carbocycles. The van der Waals surface area contributed by atoms with E-state index in [4.69, 9.17) is 10.2 Å². The van der Waals surface area contributed by atoms with Crippen LogP contribution in [-0.4, -0.2) is 74.8 Å². The maximum absolute atomic E-state index is 9.02. The lowest BCUT2D eigenvalue weighted by Gasteiger charge is -2.09. The summed E-state index contributed by atoms with van der Waals surface area (Å²) in [5.74, 6) is 0. The van der Waals surface area contributed by atoms with Crippen molar-refractivity contribution in [2.45, 2.75) is 26.1 Å². The number of hydrogen-bond donors (Lipinski definition) is 6. The van der Waals surface area contributed by atoms with Crippen LogP contribution in [0.5, 0.6) is 0 Å². The van der Waals surface area contributed by atoms with Gasteiger partial charge in [0.2, 0.25) is 0 Å². The fourth-order valence-electron chi connectivity index (χ4n) is 1.40. The first-order valence-electron chi connectivity index (χ1n) is 6.82. The predicted octanol–water partition coefficient (Wildman–Crippen LogP) is -1.89. The molecule has 110 valence electrons. The summed E-state index contributed by atoms with van der Waals surface area (Å²) in [5.41, 5.74) is 0. The fourth-order valence-corrected chi connectivity index (χ4v) is 1.40. The van der Waals surface area contributed by atoms with Crippen LogP contribution >= 0.6 is 0 Å². The molecule has 0 saturated carbocycles. The molecule has 0 spiro atoms. The summed E-state index contributed by atoms with van der Waals surface area (Å²) in [6.07, 6.45) is -0.554. The van der Waals surface area contributed by atoms with Crippen LogP contribution in [0.2, 0.25) is 0 Å². The third-order valence-corrected chi connectivity index (χ3v) is 2.32. The highest BCUT2D eigenvalue weighted by Crippen LogP contribution is 1.73. The third kappa shape index (κ3) is 15.8. The van der Waals surface area contributed by atoms with Crippen LogP contribution in [0.15, 0.2) is 0 Å². The molecule has 0 saturated heterocycles. The largest absolute Gasteiger partial charge is 0.392 e. The highest BCUT2D eigenvalue weighted by molar-refractivity contribution is 4.58. The standard InChI is InChI=1S/C12H30N4O2/c1-11(17)9-15-7-5-13-3-4-14-6-8-16-10-12(2)18/h11-18H,3-10H2,1-2H3. The van der Waals surface area contributed by atoms with Crippen molar-refractivity contribution in [2.75, 3.05) is 52.4 Å². The van der Waals surface area contributed by atoms with Crippen molar-refractivity contribution in [3.05, 3.63) is 0 Å². The van der Waals surface area contributed by atoms with Crippen LogP contribution in [0.1, 0.15) is 13.8 Å². The van der Waals surface area contributed by atoms with E-state index in [0.29, 0.717) is 13.1 Å². The first-order chi connectivity index (χ1) is 8.63. The topological polar surface area (TPSA) is 88.6 Å². The van der Waals surface area contributed by atoms with E-state index in [1.54, 1.807) is 13.8 Å². The van der Waals surface area contributed by atoms with E-state index >= 15 is 0 Å². The summed E-state index contributed by atoms with van der Waals surface area (Å²) < 4.78 is 0. The van der Waals surface area contributed by atoms with E-state index in [0.717, 1.165) is 39.3 Å². The number of aliphatic hydroxyl groups excluding tert-OH is 2. The molecule has 6 heteroatoms. The minimum Gasteiger partial charge on any atom is -0.392 e. The Hall–Kier alpha value is -0.240. The highest BCUT2D eigenvalue weighted by atomic mass is 16.3. The first-order valence-corrected chi connectivity index (χ1v) is 6.82. The Balaban J connectivity index is 2.95. The van der Waals surface area contributed by atoms with Crippen LogP contribution in [-0.2, 0) is 0 Å². The predicted molar refractivity (Wildman–Crippen MR) is 74.8 cm³/mol. The number of rotatable bonds is 13. The third-order valence-electron chi connectivity index (χ3n) is 2.32. The van der Waals surface area contributed by atoms with E-state index in [-0.39, 0.29) is 12.2 Å². The van der Waals surface area contributed by atoms with Crippen molar-refractivity contribution in [3.63, 3.8) is 0 Å². The van der Waals surface area contributed by atoms with Gasteiger partial charge in [0.05, 0.1) is 12.2 Å². The van der Waals surface area contributed by atoms with E-state index in [2.05, 4.69) is 21.3 Å². The SMILES string of the molecule is CC(O)CNCCNCCNCCNCC(C)O. The maximum Gasteiger partial charge on any atom is 0.0636 e. The van der Waals surface area contributed by atoms with Gasteiger partial charge in [0, 0.05) is 52.4 Å². The zero-order valence-corrected chi connectivity index (χ0v) is 11.7. The normalized spacial score (nSPS) is 14.7. The zero-order valence-electron chi connectivity index (χ0n) is 11.7. The molecule has 6 N–H and O–H groups in total. The lowest BCUT2D eigenvalue weighted by molar-refractivity contribution is 0.191. The van der Waals surface area contributed by atoms with Crippen molar-refractivity contribution in [3.8, 4) is 0 Å². The van der Waals surface area contributed by atoms with Crippen molar-refractivity contribution in [2.24, 2.45) is 0 Å². The van der Waals surface area contributed by atoms with Crippen molar-refractivity contribution in [1.29, 1.82) is 0 Å². The van der Waals surface area contributed by atoms with Crippen molar-refractivity contribution < 1.29 is 10.2 Å². The summed E-state index contributed by atoms with van der Waals surface area (Å²) in [7, 11) is 0. The second-order valence-electron chi connectivity index (χ2n) is 4.61. The molecule has 0 fully saturated rings. The molecule has 0 aromatic carbocycles. The Morgan fingerprint density at radius 3 is 1.17 bits per heavy atom. The van der Waals surface area contributed by atoms with E-state index < -0.39 is 0 Å². The fraction of sp³-hybridized carbons (Fsp3) is 1.00. The number of hydrogen-bond acceptors (Lipinski definition) is 6. The minimum absolute atomic E-state index is 0.277. The van der Waals surface area contributed by atoms with Gasteiger partial charge in [-0.05, 0) is 13.8 Å². The molecule has 2 atom stereocenters. The molecule has 0 heterocycles. The molecule has 0 aromatic rings. The van der Waals surface area contributed by atoms with Gasteiger partial charge in [-0.2, -0.15) is 0 Å². The van der Waals surface area contributed by atoms with Gasteiger partial charge in [0.1, 0.15) is 0 Å². The van der Waals surface area contributed by atoms with E-state index in [1.807, 2.05) is 0 Å². The molecule has 0 rings (SSSR count). The monoisotopic (exact) mass is 262 g/mol. The lowest BCUT2D eigenvalue weighted by atomic mass is 10.4. The molecule has 0 aliphatic heterocycles. The van der Waals surface area contributed by atoms with Gasteiger partial charge >= 0.3 is 0 Å². The average Bonchev–Trinajstić information content (AvgIpc) is 2.29. The van der Waals surface area contributed by atoms with Gasteiger partial charge in [-0.1, -0.05) is 0 Å². The Bertz CT molecular complexity index is 150. The van der Waals surface area contributed by atoms with Gasteiger partial charge < -0.3 is 31.5 Å². The molecule has 6 nitrogen and oxygen atoms in total. The summed E-state index contributed by atoms with van der Waals surface area (Å²) in [6.45, 7) is 10.3. The summed E-state index contributed by atoms with van der Waals surface area (Å²) >= 11 is 0. The summed E-state index contributed by atoms with van der Waals surface area (Å²) in [4.78, 5) is 0. The molecule has 18 heavy (non-hydrogen) atoms. The van der Waals surface area contributed by atoms with Gasteiger partial charge in [0.25, 0.3) is 0 Å². The Morgan fingerprint density at radius 1 is 0.611 bits per heavy atom. The number of aliphatic hydroxyl groups is 2. The van der Waals surface area contributed by atoms with Gasteiger partial charge in [-0.15, -0.1) is 0 Å². The highest BCUT2D eigenvalue weighted by Gasteiger charge is 1.94. The zero-order chi connectivity index (χ0) is 13.6. The van der Waals surface area contributed by atoms with Crippen LogP contribution in [0, 0.1) is 0 Å². The second-order valence-corrected chi connectivity index (χ2v) is 4.61. The molecular formula is C12H30N4O2. The Morgan fingerprint density at radius 2 is 0.889 bits per heavy atom. The molecule has 0 aromatic heterocycles. The average molecular weight is 262 g/mol.